The van der Waals surface area contributed by atoms with Gasteiger partial charge < -0.3 is 19.7 Å². The Kier molecular flexibility index (Phi) is 7.70. The SMILES string of the molecule is CCS(=O)(=O)N(CC(=O)N(Cc1ccc(Cl)cc1)C(C)C(=O)NC)c1ccc2c(c1)OCO2. The average Bonchev–Trinajstić information content (AvgIpc) is 3.28. The van der Waals surface area contributed by atoms with Crippen molar-refractivity contribution in [2.75, 3.05) is 30.4 Å². The molecule has 11 heteroatoms. The van der Waals surface area contributed by atoms with E-state index in [1.165, 1.54) is 24.9 Å². The summed E-state index contributed by atoms with van der Waals surface area (Å²) >= 11 is 5.95. The number of nitrogens with one attached hydrogen (secondary N) is 1. The predicted octanol–water partition coefficient (Wildman–Crippen LogP) is 2.39. The molecule has 1 N–H and O–H groups in total. The lowest BCUT2D eigenvalue weighted by Crippen LogP contribution is -2.50. The molecule has 33 heavy (non-hydrogen) atoms. The highest BCUT2D eigenvalue weighted by Crippen LogP contribution is 2.36. The summed E-state index contributed by atoms with van der Waals surface area (Å²) in [6.45, 7) is 2.75. The van der Waals surface area contributed by atoms with Gasteiger partial charge in [-0.2, -0.15) is 0 Å². The van der Waals surface area contributed by atoms with E-state index < -0.39 is 28.5 Å². The molecule has 1 unspecified atom stereocenters. The minimum Gasteiger partial charge on any atom is -0.454 e. The topological polar surface area (TPSA) is 105 Å². The van der Waals surface area contributed by atoms with E-state index in [0.29, 0.717) is 16.5 Å². The first kappa shape index (κ1) is 24.7. The van der Waals surface area contributed by atoms with Gasteiger partial charge in [0.05, 0.1) is 11.4 Å². The van der Waals surface area contributed by atoms with Gasteiger partial charge in [0.15, 0.2) is 11.5 Å². The zero-order chi connectivity index (χ0) is 24.2. The first-order valence-electron chi connectivity index (χ1n) is 10.3. The first-order chi connectivity index (χ1) is 15.7. The smallest absolute Gasteiger partial charge is 0.244 e. The van der Waals surface area contributed by atoms with Gasteiger partial charge >= 0.3 is 0 Å². The number of halogens is 1. The van der Waals surface area contributed by atoms with E-state index >= 15 is 0 Å². The van der Waals surface area contributed by atoms with Crippen molar-refractivity contribution < 1.29 is 27.5 Å². The molecule has 1 heterocycles. The molecule has 0 aromatic heterocycles. The molecule has 2 aromatic carbocycles. The van der Waals surface area contributed by atoms with E-state index in [-0.39, 0.29) is 30.7 Å². The number of sulfonamides is 1. The van der Waals surface area contributed by atoms with Crippen LogP contribution in [0.5, 0.6) is 11.5 Å². The molecule has 0 bridgehead atoms. The zero-order valence-corrected chi connectivity index (χ0v) is 20.1. The summed E-state index contributed by atoms with van der Waals surface area (Å²) in [7, 11) is -2.34. The highest BCUT2D eigenvalue weighted by atomic mass is 35.5. The molecule has 0 fully saturated rings. The fourth-order valence-corrected chi connectivity index (χ4v) is 4.52. The number of benzene rings is 2. The van der Waals surface area contributed by atoms with Crippen LogP contribution in [0.25, 0.3) is 0 Å². The lowest BCUT2D eigenvalue weighted by atomic mass is 10.1. The summed E-state index contributed by atoms with van der Waals surface area (Å²) in [5, 5.41) is 3.07. The minimum atomic E-state index is -3.82. The Labute approximate surface area is 198 Å². The largest absolute Gasteiger partial charge is 0.454 e. The molecule has 1 atom stereocenters. The Hall–Kier alpha value is -2.98. The number of likely N-dealkylation sites (N-methyl/N-ethyl adjacent to an activating group) is 1. The highest BCUT2D eigenvalue weighted by Gasteiger charge is 2.31. The highest BCUT2D eigenvalue weighted by molar-refractivity contribution is 7.92. The minimum absolute atomic E-state index is 0.0385. The molecule has 0 spiro atoms. The molecule has 1 aliphatic heterocycles. The summed E-state index contributed by atoms with van der Waals surface area (Å²) < 4.78 is 37.5. The number of rotatable bonds is 9. The summed E-state index contributed by atoms with van der Waals surface area (Å²) in [5.74, 6) is -0.220. The monoisotopic (exact) mass is 495 g/mol. The Morgan fingerprint density at radius 1 is 1.12 bits per heavy atom. The fourth-order valence-electron chi connectivity index (χ4n) is 3.34. The number of fused-ring (bicyclic) bond motifs is 1. The normalized spacial score (nSPS) is 13.3. The Balaban J connectivity index is 1.93. The van der Waals surface area contributed by atoms with Crippen LogP contribution < -0.4 is 19.1 Å². The van der Waals surface area contributed by atoms with E-state index in [1.54, 1.807) is 43.3 Å². The molecule has 2 amide bonds. The third-order valence-corrected chi connectivity index (χ3v) is 7.30. The third-order valence-electron chi connectivity index (χ3n) is 5.30. The number of hydrogen-bond acceptors (Lipinski definition) is 6. The molecular weight excluding hydrogens is 470 g/mol. The van der Waals surface area contributed by atoms with Crippen molar-refractivity contribution in [3.63, 3.8) is 0 Å². The van der Waals surface area contributed by atoms with Crippen LogP contribution in [0.3, 0.4) is 0 Å². The van der Waals surface area contributed by atoms with Crippen LogP contribution in [0.15, 0.2) is 42.5 Å². The maximum absolute atomic E-state index is 13.4. The maximum atomic E-state index is 13.4. The van der Waals surface area contributed by atoms with Gasteiger partial charge in [-0.25, -0.2) is 8.42 Å². The molecule has 0 saturated heterocycles. The number of amides is 2. The van der Waals surface area contributed by atoms with Crippen molar-refractivity contribution in [1.29, 1.82) is 0 Å². The molecule has 1 aliphatic rings. The summed E-state index contributed by atoms with van der Waals surface area (Å²) in [6.07, 6.45) is 0. The number of hydrogen-bond donors (Lipinski definition) is 1. The van der Waals surface area contributed by atoms with Gasteiger partial charge in [-0.3, -0.25) is 13.9 Å². The van der Waals surface area contributed by atoms with E-state index in [1.807, 2.05) is 0 Å². The Bertz CT molecular complexity index is 1120. The lowest BCUT2D eigenvalue weighted by molar-refractivity contribution is -0.139. The summed E-state index contributed by atoms with van der Waals surface area (Å²) in [5.41, 5.74) is 1.02. The van der Waals surface area contributed by atoms with E-state index in [0.717, 1.165) is 9.87 Å². The van der Waals surface area contributed by atoms with Crippen LogP contribution in [0, 0.1) is 0 Å². The Morgan fingerprint density at radius 3 is 2.42 bits per heavy atom. The second kappa shape index (κ2) is 10.3. The summed E-state index contributed by atoms with van der Waals surface area (Å²) in [6, 6.07) is 10.7. The first-order valence-corrected chi connectivity index (χ1v) is 12.3. The van der Waals surface area contributed by atoms with E-state index in [9.17, 15) is 18.0 Å². The Morgan fingerprint density at radius 2 is 1.79 bits per heavy atom. The molecule has 9 nitrogen and oxygen atoms in total. The number of carbonyl (C=O) groups is 2. The van der Waals surface area contributed by atoms with Crippen LogP contribution in [-0.4, -0.2) is 57.3 Å². The van der Waals surface area contributed by atoms with Gasteiger partial charge in [0.2, 0.25) is 28.6 Å². The average molecular weight is 496 g/mol. The van der Waals surface area contributed by atoms with Crippen molar-refractivity contribution in [2.24, 2.45) is 0 Å². The molecular formula is C22H26ClN3O6S. The fraction of sp³-hybridized carbons (Fsp3) is 0.364. The molecule has 178 valence electrons. The van der Waals surface area contributed by atoms with Crippen molar-refractivity contribution in [3.8, 4) is 11.5 Å². The van der Waals surface area contributed by atoms with E-state index in [4.69, 9.17) is 21.1 Å². The van der Waals surface area contributed by atoms with Crippen LogP contribution in [0.4, 0.5) is 5.69 Å². The molecule has 0 saturated carbocycles. The van der Waals surface area contributed by atoms with Crippen molar-refractivity contribution in [3.05, 3.63) is 53.1 Å². The standard InChI is InChI=1S/C22H26ClN3O6S/c1-4-33(29,30)26(18-9-10-19-20(11-18)32-14-31-19)13-21(27)25(15(2)22(28)24-3)12-16-5-7-17(23)8-6-16/h5-11,15H,4,12-14H2,1-3H3,(H,24,28). The number of ether oxygens (including phenoxy) is 2. The lowest BCUT2D eigenvalue weighted by Gasteiger charge is -2.31. The van der Waals surface area contributed by atoms with Gasteiger partial charge in [0.25, 0.3) is 0 Å². The molecule has 3 rings (SSSR count). The maximum Gasteiger partial charge on any atom is 0.244 e. The number of nitrogens with zero attached hydrogens (tertiary/aromatic N) is 2. The van der Waals surface area contributed by atoms with Crippen molar-refractivity contribution in [2.45, 2.75) is 26.4 Å². The van der Waals surface area contributed by atoms with Crippen molar-refractivity contribution in [1.82, 2.24) is 10.2 Å². The van der Waals surface area contributed by atoms with Crippen molar-refractivity contribution >= 4 is 39.1 Å². The number of carbonyl (C=O) groups excluding carboxylic acids is 2. The van der Waals surface area contributed by atoms with Crippen LogP contribution in [-0.2, 0) is 26.2 Å². The van der Waals surface area contributed by atoms with Gasteiger partial charge in [-0.15, -0.1) is 0 Å². The van der Waals surface area contributed by atoms with Gasteiger partial charge in [0, 0.05) is 24.7 Å². The molecule has 2 aromatic rings. The zero-order valence-electron chi connectivity index (χ0n) is 18.6. The quantitative estimate of drug-likeness (QED) is 0.572. The molecule has 0 aliphatic carbocycles. The van der Waals surface area contributed by atoms with Gasteiger partial charge in [-0.05, 0) is 43.7 Å². The van der Waals surface area contributed by atoms with Gasteiger partial charge in [-0.1, -0.05) is 23.7 Å². The van der Waals surface area contributed by atoms with Crippen LogP contribution >= 0.6 is 11.6 Å². The molecule has 0 radical (unpaired) electrons. The number of anilines is 1. The third kappa shape index (κ3) is 5.69. The van der Waals surface area contributed by atoms with E-state index in [2.05, 4.69) is 5.32 Å². The predicted molar refractivity (Wildman–Crippen MR) is 125 cm³/mol. The van der Waals surface area contributed by atoms with Crippen LogP contribution in [0.2, 0.25) is 5.02 Å². The second-order valence-electron chi connectivity index (χ2n) is 7.38. The summed E-state index contributed by atoms with van der Waals surface area (Å²) in [4.78, 5) is 27.1. The van der Waals surface area contributed by atoms with Gasteiger partial charge in [0.1, 0.15) is 12.6 Å². The second-order valence-corrected chi connectivity index (χ2v) is 10.0. The van der Waals surface area contributed by atoms with Crippen LogP contribution in [0.1, 0.15) is 19.4 Å².